The van der Waals surface area contributed by atoms with Crippen LogP contribution in [0, 0.1) is 0 Å². The Hall–Kier alpha value is -2.34. The Labute approximate surface area is 153 Å². The Morgan fingerprint density at radius 3 is 2.31 bits per heavy atom. The van der Waals surface area contributed by atoms with Gasteiger partial charge >= 0.3 is 11.9 Å². The molecule has 0 amide bonds. The largest absolute Gasteiger partial charge is 0.481 e. The zero-order valence-corrected chi connectivity index (χ0v) is 15.8. The number of hydrogen-bond acceptors (Lipinski definition) is 3. The van der Waals surface area contributed by atoms with E-state index in [1.807, 2.05) is 12.3 Å². The lowest BCUT2D eigenvalue weighted by molar-refractivity contribution is -0.145. The van der Waals surface area contributed by atoms with Crippen LogP contribution < -0.4 is 0 Å². The predicted octanol–water partition coefficient (Wildman–Crippen LogP) is 3.47. The van der Waals surface area contributed by atoms with Crippen molar-refractivity contribution in [1.82, 2.24) is 9.88 Å². The van der Waals surface area contributed by atoms with Crippen LogP contribution in [0.4, 0.5) is 0 Å². The fourth-order valence-electron chi connectivity index (χ4n) is 3.64. The maximum absolute atomic E-state index is 11.7. The van der Waals surface area contributed by atoms with Gasteiger partial charge in [-0.1, -0.05) is 12.1 Å². The summed E-state index contributed by atoms with van der Waals surface area (Å²) in [6, 6.07) is 6.22. The summed E-state index contributed by atoms with van der Waals surface area (Å²) in [7, 11) is 0. The van der Waals surface area contributed by atoms with Gasteiger partial charge in [-0.2, -0.15) is 0 Å². The third-order valence-electron chi connectivity index (χ3n) is 4.84. The van der Waals surface area contributed by atoms with E-state index in [0.717, 1.165) is 29.4 Å². The van der Waals surface area contributed by atoms with Gasteiger partial charge in [0.15, 0.2) is 0 Å². The molecular formula is C20H28N2O4. The molecule has 0 saturated carbocycles. The number of benzene rings is 1. The Morgan fingerprint density at radius 1 is 1.12 bits per heavy atom. The summed E-state index contributed by atoms with van der Waals surface area (Å²) >= 11 is 0. The Morgan fingerprint density at radius 2 is 1.77 bits per heavy atom. The first-order valence-corrected chi connectivity index (χ1v) is 9.01. The zero-order valence-electron chi connectivity index (χ0n) is 15.8. The van der Waals surface area contributed by atoms with E-state index in [1.165, 1.54) is 0 Å². The molecule has 0 spiro atoms. The number of hydrogen-bond donors (Lipinski definition) is 3. The fourth-order valence-corrected chi connectivity index (χ4v) is 3.64. The second-order valence-electron chi connectivity index (χ2n) is 7.25. The van der Waals surface area contributed by atoms with E-state index in [2.05, 4.69) is 37.6 Å². The van der Waals surface area contributed by atoms with Crippen LogP contribution in [0.2, 0.25) is 0 Å². The van der Waals surface area contributed by atoms with E-state index in [-0.39, 0.29) is 0 Å². The molecule has 3 N–H and O–H groups in total. The van der Waals surface area contributed by atoms with Crippen molar-refractivity contribution in [3.8, 4) is 0 Å². The summed E-state index contributed by atoms with van der Waals surface area (Å²) < 4.78 is 0. The Bertz CT molecular complexity index is 771. The molecule has 0 radical (unpaired) electrons. The first-order valence-electron chi connectivity index (χ1n) is 9.01. The number of rotatable bonds is 9. The predicted molar refractivity (Wildman–Crippen MR) is 102 cm³/mol. The minimum absolute atomic E-state index is 0.415. The molecule has 2 aromatic rings. The van der Waals surface area contributed by atoms with Gasteiger partial charge in [-0.25, -0.2) is 0 Å². The average molecular weight is 360 g/mol. The monoisotopic (exact) mass is 360 g/mol. The van der Waals surface area contributed by atoms with Crippen LogP contribution in [0.1, 0.15) is 51.2 Å². The lowest BCUT2D eigenvalue weighted by atomic mass is 9.91. The van der Waals surface area contributed by atoms with Gasteiger partial charge < -0.3 is 15.2 Å². The van der Waals surface area contributed by atoms with Crippen LogP contribution in [0.3, 0.4) is 0 Å². The van der Waals surface area contributed by atoms with E-state index in [4.69, 9.17) is 5.11 Å². The lowest BCUT2D eigenvalue weighted by Gasteiger charge is -2.30. The topological polar surface area (TPSA) is 93.6 Å². The van der Waals surface area contributed by atoms with Crippen LogP contribution >= 0.6 is 0 Å². The summed E-state index contributed by atoms with van der Waals surface area (Å²) in [6.45, 7) is 9.50. The number of aromatic amines is 1. The second-order valence-corrected chi connectivity index (χ2v) is 7.25. The molecule has 0 fully saturated rings. The van der Waals surface area contributed by atoms with Gasteiger partial charge in [0.25, 0.3) is 0 Å². The molecular weight excluding hydrogens is 332 g/mol. The quantitative estimate of drug-likeness (QED) is 0.637. The van der Waals surface area contributed by atoms with Crippen molar-refractivity contribution in [2.75, 3.05) is 6.54 Å². The maximum atomic E-state index is 11.7. The molecule has 0 saturated heterocycles. The number of H-pyrrole nitrogens is 1. The van der Waals surface area contributed by atoms with Crippen molar-refractivity contribution in [1.29, 1.82) is 0 Å². The molecule has 0 aliphatic rings. The van der Waals surface area contributed by atoms with Gasteiger partial charge in [-0.15, -0.1) is 0 Å². The lowest BCUT2D eigenvalue weighted by Crippen LogP contribution is -2.38. The molecule has 6 heteroatoms. The smallest absolute Gasteiger partial charge is 0.311 e. The number of nitrogens with one attached hydrogen (secondary N) is 1. The molecule has 1 atom stereocenters. The van der Waals surface area contributed by atoms with Crippen molar-refractivity contribution < 1.29 is 19.8 Å². The number of aliphatic carboxylic acids is 2. The third-order valence-corrected chi connectivity index (χ3v) is 4.84. The van der Waals surface area contributed by atoms with Crippen LogP contribution in [0.5, 0.6) is 0 Å². The SMILES string of the molecule is CC(C)N(CCc1c[nH]c2cccc(C(CC(=O)O)C(=O)O)c12)C(C)C. The average Bonchev–Trinajstić information content (AvgIpc) is 2.95. The third kappa shape index (κ3) is 4.43. The zero-order chi connectivity index (χ0) is 19.4. The van der Waals surface area contributed by atoms with Gasteiger partial charge in [-0.3, -0.25) is 14.5 Å². The molecule has 1 aromatic heterocycles. The number of carboxylic acids is 2. The van der Waals surface area contributed by atoms with Gasteiger partial charge in [0.1, 0.15) is 0 Å². The number of nitrogens with zero attached hydrogens (tertiary/aromatic N) is 1. The van der Waals surface area contributed by atoms with E-state index >= 15 is 0 Å². The Balaban J connectivity index is 2.40. The summed E-state index contributed by atoms with van der Waals surface area (Å²) in [5.41, 5.74) is 2.43. The summed E-state index contributed by atoms with van der Waals surface area (Å²) in [4.78, 5) is 28.4. The standard InChI is InChI=1S/C20H28N2O4/c1-12(2)22(13(3)4)9-8-14-11-21-17-7-5-6-15(19(14)17)16(20(25)26)10-18(23)24/h5-7,11-13,16,21H,8-10H2,1-4H3,(H,23,24)(H,25,26). The highest BCUT2D eigenvalue weighted by Gasteiger charge is 2.26. The molecule has 142 valence electrons. The summed E-state index contributed by atoms with van der Waals surface area (Å²) in [5, 5.41) is 19.5. The van der Waals surface area contributed by atoms with E-state index in [1.54, 1.807) is 12.1 Å². The van der Waals surface area contributed by atoms with E-state index < -0.39 is 24.3 Å². The van der Waals surface area contributed by atoms with Crippen LogP contribution in [0.25, 0.3) is 10.9 Å². The van der Waals surface area contributed by atoms with Crippen molar-refractivity contribution in [3.05, 3.63) is 35.5 Å². The highest BCUT2D eigenvalue weighted by atomic mass is 16.4. The number of fused-ring (bicyclic) bond motifs is 1. The first kappa shape index (κ1) is 20.0. The van der Waals surface area contributed by atoms with Crippen molar-refractivity contribution in [2.45, 2.75) is 58.5 Å². The summed E-state index contributed by atoms with van der Waals surface area (Å²) in [6.07, 6.45) is 2.25. The van der Waals surface area contributed by atoms with Crippen LogP contribution in [-0.2, 0) is 16.0 Å². The minimum atomic E-state index is -1.11. The molecule has 6 nitrogen and oxygen atoms in total. The van der Waals surface area contributed by atoms with E-state index in [0.29, 0.717) is 17.6 Å². The normalized spacial score (nSPS) is 13.0. The van der Waals surface area contributed by atoms with Crippen LogP contribution in [0.15, 0.2) is 24.4 Å². The van der Waals surface area contributed by atoms with Crippen LogP contribution in [-0.4, -0.2) is 50.7 Å². The van der Waals surface area contributed by atoms with Crippen molar-refractivity contribution in [2.24, 2.45) is 0 Å². The molecule has 1 heterocycles. The highest BCUT2D eigenvalue weighted by molar-refractivity contribution is 5.93. The van der Waals surface area contributed by atoms with Gasteiger partial charge in [0.05, 0.1) is 12.3 Å². The molecule has 0 aliphatic heterocycles. The van der Waals surface area contributed by atoms with E-state index in [9.17, 15) is 14.7 Å². The number of carbonyl (C=O) groups is 2. The van der Waals surface area contributed by atoms with Gasteiger partial charge in [0.2, 0.25) is 0 Å². The summed E-state index contributed by atoms with van der Waals surface area (Å²) in [5.74, 6) is -3.28. The van der Waals surface area contributed by atoms with Gasteiger partial charge in [-0.05, 0) is 51.3 Å². The highest BCUT2D eigenvalue weighted by Crippen LogP contribution is 2.31. The molecule has 1 aromatic carbocycles. The number of carboxylic acid groups (broad SMARTS) is 2. The molecule has 26 heavy (non-hydrogen) atoms. The molecule has 2 rings (SSSR count). The molecule has 1 unspecified atom stereocenters. The number of aromatic nitrogens is 1. The fraction of sp³-hybridized carbons (Fsp3) is 0.500. The molecule has 0 aliphatic carbocycles. The molecule has 0 bridgehead atoms. The Kier molecular flexibility index (Phi) is 6.42. The first-order chi connectivity index (χ1) is 12.2. The second kappa shape index (κ2) is 8.36. The van der Waals surface area contributed by atoms with Crippen molar-refractivity contribution in [3.63, 3.8) is 0 Å². The van der Waals surface area contributed by atoms with Crippen molar-refractivity contribution >= 4 is 22.8 Å². The maximum Gasteiger partial charge on any atom is 0.311 e. The van der Waals surface area contributed by atoms with Gasteiger partial charge in [0, 0.05) is 35.7 Å². The minimum Gasteiger partial charge on any atom is -0.481 e.